The van der Waals surface area contributed by atoms with Crippen LogP contribution in [0.1, 0.15) is 0 Å². The van der Waals surface area contributed by atoms with E-state index in [4.69, 9.17) is 5.11 Å². The molecule has 0 heterocycles. The van der Waals surface area contributed by atoms with Crippen LogP contribution in [0.2, 0.25) is 0 Å². The number of halogens is 2. The van der Waals surface area contributed by atoms with E-state index in [0.717, 1.165) is 6.26 Å². The standard InChI is InChI=1S/C2H4O.2ClH/c1-2-3;;/h2-3H,1H2;2*1H. The van der Waals surface area contributed by atoms with Gasteiger partial charge in [0.15, 0.2) is 0 Å². The monoisotopic (exact) mass is 116 g/mol. The topological polar surface area (TPSA) is 20.2 Å². The Hall–Kier alpha value is 0.120. The Morgan fingerprint density at radius 2 is 1.40 bits per heavy atom. The van der Waals surface area contributed by atoms with E-state index in [1.165, 1.54) is 0 Å². The molecule has 0 bridgehead atoms. The molecule has 0 aromatic carbocycles. The van der Waals surface area contributed by atoms with E-state index in [0.29, 0.717) is 0 Å². The Labute approximate surface area is 43.5 Å². The number of hydrogen-bond acceptors (Lipinski definition) is 1. The van der Waals surface area contributed by atoms with Gasteiger partial charge < -0.3 is 5.11 Å². The van der Waals surface area contributed by atoms with Crippen molar-refractivity contribution in [1.82, 2.24) is 0 Å². The van der Waals surface area contributed by atoms with Crippen LogP contribution in [0, 0.1) is 0 Å². The van der Waals surface area contributed by atoms with Crippen molar-refractivity contribution in [2.24, 2.45) is 0 Å². The van der Waals surface area contributed by atoms with Gasteiger partial charge in [-0.05, 0) is 0 Å². The minimum atomic E-state index is 0. The molecule has 0 rings (SSSR count). The molecule has 0 saturated carbocycles. The lowest BCUT2D eigenvalue weighted by atomic mass is 11.2. The number of aliphatic hydroxyl groups excluding tert-OH is 1. The Balaban J connectivity index is -0.0000000200. The van der Waals surface area contributed by atoms with Crippen LogP contribution in [0.3, 0.4) is 0 Å². The van der Waals surface area contributed by atoms with E-state index < -0.39 is 0 Å². The summed E-state index contributed by atoms with van der Waals surface area (Å²) in [4.78, 5) is 0. The molecule has 0 fully saturated rings. The Morgan fingerprint density at radius 3 is 1.40 bits per heavy atom. The van der Waals surface area contributed by atoms with Crippen LogP contribution in [0.25, 0.3) is 0 Å². The summed E-state index contributed by atoms with van der Waals surface area (Å²) in [6.45, 7) is 2.92. The zero-order valence-corrected chi connectivity index (χ0v) is 4.18. The number of aliphatic hydroxyl groups is 1. The van der Waals surface area contributed by atoms with E-state index >= 15 is 0 Å². The molecule has 0 unspecified atom stereocenters. The third-order valence-electron chi connectivity index (χ3n) is 0. The zero-order chi connectivity index (χ0) is 2.71. The molecular weight excluding hydrogens is 111 g/mol. The molecule has 0 radical (unpaired) electrons. The highest BCUT2D eigenvalue weighted by molar-refractivity contribution is 5.85. The maximum Gasteiger partial charge on any atom is 0.0719 e. The van der Waals surface area contributed by atoms with Gasteiger partial charge in [0.25, 0.3) is 0 Å². The first-order valence-corrected chi connectivity index (χ1v) is 0.666. The van der Waals surface area contributed by atoms with Gasteiger partial charge >= 0.3 is 0 Å². The van der Waals surface area contributed by atoms with Crippen molar-refractivity contribution in [3.05, 3.63) is 12.8 Å². The van der Waals surface area contributed by atoms with Gasteiger partial charge in [-0.3, -0.25) is 0 Å². The number of rotatable bonds is 0. The van der Waals surface area contributed by atoms with Gasteiger partial charge in [-0.15, -0.1) is 24.8 Å². The smallest absolute Gasteiger partial charge is 0.0719 e. The lowest BCUT2D eigenvalue weighted by Gasteiger charge is -1.41. The van der Waals surface area contributed by atoms with Crippen LogP contribution in [0.15, 0.2) is 12.8 Å². The predicted octanol–water partition coefficient (Wildman–Crippen LogP) is 1.53. The third kappa shape index (κ3) is 1290. The van der Waals surface area contributed by atoms with Crippen molar-refractivity contribution in [2.75, 3.05) is 0 Å². The van der Waals surface area contributed by atoms with E-state index in [9.17, 15) is 0 Å². The summed E-state index contributed by atoms with van der Waals surface area (Å²) in [7, 11) is 0. The van der Waals surface area contributed by atoms with Gasteiger partial charge in [0.2, 0.25) is 0 Å². The normalized spacial score (nSPS) is 2.40. The minimum Gasteiger partial charge on any atom is -0.516 e. The second-order valence-corrected chi connectivity index (χ2v) is 0.183. The highest BCUT2D eigenvalue weighted by Gasteiger charge is 1.11. The van der Waals surface area contributed by atoms with E-state index in [1.54, 1.807) is 0 Å². The molecule has 0 aromatic heterocycles. The van der Waals surface area contributed by atoms with Crippen LogP contribution in [-0.2, 0) is 0 Å². The minimum absolute atomic E-state index is 0. The van der Waals surface area contributed by atoms with Crippen LogP contribution < -0.4 is 0 Å². The summed E-state index contributed by atoms with van der Waals surface area (Å²) in [6.07, 6.45) is 0.750. The Bertz CT molecular complexity index is 15.1. The van der Waals surface area contributed by atoms with Crippen LogP contribution in [-0.4, -0.2) is 5.11 Å². The molecule has 1 nitrogen and oxygen atoms in total. The molecule has 0 amide bonds. The van der Waals surface area contributed by atoms with Gasteiger partial charge in [-0.1, -0.05) is 6.58 Å². The van der Waals surface area contributed by atoms with Gasteiger partial charge in [0.1, 0.15) is 0 Å². The highest BCUT2D eigenvalue weighted by Crippen LogP contribution is 1.26. The lowest BCUT2D eigenvalue weighted by molar-refractivity contribution is 0.476. The SMILES string of the molecule is C=CO.Cl.Cl. The van der Waals surface area contributed by atoms with Gasteiger partial charge in [-0.25, -0.2) is 0 Å². The molecule has 1 N–H and O–H groups in total. The molecule has 0 aliphatic rings. The fourth-order valence-corrected chi connectivity index (χ4v) is 0. The second-order valence-electron chi connectivity index (χ2n) is 0.183. The number of hydrogen-bond donors (Lipinski definition) is 1. The van der Waals surface area contributed by atoms with E-state index in [2.05, 4.69) is 6.58 Å². The van der Waals surface area contributed by atoms with Crippen molar-refractivity contribution in [1.29, 1.82) is 0 Å². The van der Waals surface area contributed by atoms with Crippen molar-refractivity contribution in [3.8, 4) is 0 Å². The fraction of sp³-hybridized carbons (Fsp3) is 0. The fourth-order valence-electron chi connectivity index (χ4n) is 0. The van der Waals surface area contributed by atoms with Crippen LogP contribution >= 0.6 is 24.8 Å². The summed E-state index contributed by atoms with van der Waals surface area (Å²) in [5.74, 6) is 0. The molecule has 3 heteroatoms. The van der Waals surface area contributed by atoms with E-state index in [-0.39, 0.29) is 24.8 Å². The maximum atomic E-state index is 7.33. The van der Waals surface area contributed by atoms with Crippen LogP contribution in [0.5, 0.6) is 0 Å². The van der Waals surface area contributed by atoms with E-state index in [1.807, 2.05) is 0 Å². The summed E-state index contributed by atoms with van der Waals surface area (Å²) in [5.41, 5.74) is 0. The lowest BCUT2D eigenvalue weighted by Crippen LogP contribution is -1.25. The molecule has 0 atom stereocenters. The first kappa shape index (κ1) is 19.3. The Morgan fingerprint density at radius 1 is 1.40 bits per heavy atom. The predicted molar refractivity (Wildman–Crippen MR) is 27.3 cm³/mol. The quantitative estimate of drug-likeness (QED) is 0.477. The maximum absolute atomic E-state index is 7.33. The summed E-state index contributed by atoms with van der Waals surface area (Å²) in [5, 5.41) is 7.33. The zero-order valence-electron chi connectivity index (χ0n) is 2.55. The molecular formula is C2H6Cl2O. The Kier molecular flexibility index (Phi) is 124. The summed E-state index contributed by atoms with van der Waals surface area (Å²) >= 11 is 0. The molecule has 0 aromatic rings. The van der Waals surface area contributed by atoms with Crippen molar-refractivity contribution in [3.63, 3.8) is 0 Å². The highest BCUT2D eigenvalue weighted by atomic mass is 35.5. The van der Waals surface area contributed by atoms with Gasteiger partial charge in [0.05, 0.1) is 6.26 Å². The molecule has 5 heavy (non-hydrogen) atoms. The third-order valence-corrected chi connectivity index (χ3v) is 0. The average molecular weight is 117 g/mol. The summed E-state index contributed by atoms with van der Waals surface area (Å²) in [6, 6.07) is 0. The second kappa shape index (κ2) is 32.0. The summed E-state index contributed by atoms with van der Waals surface area (Å²) < 4.78 is 0. The molecule has 0 aliphatic heterocycles. The first-order valence-electron chi connectivity index (χ1n) is 0.666. The molecule has 34 valence electrons. The van der Waals surface area contributed by atoms with Crippen molar-refractivity contribution in [2.45, 2.75) is 0 Å². The molecule has 0 saturated heterocycles. The molecule has 0 spiro atoms. The van der Waals surface area contributed by atoms with Crippen molar-refractivity contribution < 1.29 is 5.11 Å². The molecule has 0 aliphatic carbocycles. The van der Waals surface area contributed by atoms with Gasteiger partial charge in [-0.2, -0.15) is 0 Å². The van der Waals surface area contributed by atoms with Gasteiger partial charge in [0, 0.05) is 0 Å². The average Bonchev–Trinajstić information content (AvgIpc) is 0.918. The largest absolute Gasteiger partial charge is 0.516 e. The first-order chi connectivity index (χ1) is 1.41. The van der Waals surface area contributed by atoms with Crippen molar-refractivity contribution >= 4 is 24.8 Å². The van der Waals surface area contributed by atoms with Crippen LogP contribution in [0.4, 0.5) is 0 Å².